The Morgan fingerprint density at radius 2 is 2.27 bits per heavy atom. The summed E-state index contributed by atoms with van der Waals surface area (Å²) in [6.45, 7) is 4.39. The van der Waals surface area contributed by atoms with Gasteiger partial charge in [-0.15, -0.1) is 17.0 Å². The molecule has 0 N–H and O–H groups in total. The minimum Gasteiger partial charge on any atom is -0.270 e. The molecule has 0 aliphatic carbocycles. The van der Waals surface area contributed by atoms with E-state index in [-0.39, 0.29) is 17.0 Å². The van der Waals surface area contributed by atoms with Crippen LogP contribution in [-0.2, 0) is 0 Å². The number of halogens is 1. The SMILES string of the molecule is Br.CCCC(C)n1cccn1. The second kappa shape index (κ2) is 5.35. The third kappa shape index (κ3) is 3.06. The van der Waals surface area contributed by atoms with Gasteiger partial charge in [0.2, 0.25) is 0 Å². The number of aromatic nitrogens is 2. The quantitative estimate of drug-likeness (QED) is 0.764. The van der Waals surface area contributed by atoms with E-state index in [2.05, 4.69) is 18.9 Å². The lowest BCUT2D eigenvalue weighted by atomic mass is 10.2. The topological polar surface area (TPSA) is 17.8 Å². The predicted molar refractivity (Wildman–Crippen MR) is 52.2 cm³/mol. The lowest BCUT2D eigenvalue weighted by Gasteiger charge is -2.09. The Bertz CT molecular complexity index is 172. The molecule has 0 radical (unpaired) electrons. The molecule has 2 nitrogen and oxygen atoms in total. The molecule has 0 saturated carbocycles. The third-order valence-corrected chi connectivity index (χ3v) is 1.68. The molecule has 1 unspecified atom stereocenters. The van der Waals surface area contributed by atoms with Gasteiger partial charge in [0.15, 0.2) is 0 Å². The van der Waals surface area contributed by atoms with Gasteiger partial charge in [-0.25, -0.2) is 0 Å². The fourth-order valence-electron chi connectivity index (χ4n) is 1.09. The maximum Gasteiger partial charge on any atom is 0.0490 e. The maximum atomic E-state index is 4.15. The molecule has 3 heteroatoms. The average Bonchev–Trinajstić information content (AvgIpc) is 2.38. The van der Waals surface area contributed by atoms with Gasteiger partial charge in [-0.2, -0.15) is 5.10 Å². The van der Waals surface area contributed by atoms with E-state index in [0.29, 0.717) is 6.04 Å². The van der Waals surface area contributed by atoms with Crippen LogP contribution in [0.3, 0.4) is 0 Å². The minimum atomic E-state index is 0. The van der Waals surface area contributed by atoms with Crippen molar-refractivity contribution in [1.29, 1.82) is 0 Å². The van der Waals surface area contributed by atoms with E-state index in [1.165, 1.54) is 12.8 Å². The van der Waals surface area contributed by atoms with Gasteiger partial charge in [0.1, 0.15) is 0 Å². The molecular weight excluding hydrogens is 204 g/mol. The van der Waals surface area contributed by atoms with Crippen molar-refractivity contribution in [3.63, 3.8) is 0 Å². The Morgan fingerprint density at radius 1 is 1.55 bits per heavy atom. The Balaban J connectivity index is 0.000001000. The molecule has 11 heavy (non-hydrogen) atoms. The Morgan fingerprint density at radius 3 is 2.73 bits per heavy atom. The van der Waals surface area contributed by atoms with Gasteiger partial charge in [-0.3, -0.25) is 4.68 Å². The van der Waals surface area contributed by atoms with Crippen LogP contribution in [0.2, 0.25) is 0 Å². The van der Waals surface area contributed by atoms with Crippen molar-refractivity contribution in [3.05, 3.63) is 18.5 Å². The molecule has 0 spiro atoms. The van der Waals surface area contributed by atoms with Crippen LogP contribution in [0.25, 0.3) is 0 Å². The molecule has 0 aliphatic rings. The number of nitrogens with zero attached hydrogens (tertiary/aromatic N) is 2. The van der Waals surface area contributed by atoms with Crippen LogP contribution in [0.4, 0.5) is 0 Å². The molecule has 1 atom stereocenters. The standard InChI is InChI=1S/C8H14N2.BrH/c1-3-5-8(2)10-7-4-6-9-10;/h4,6-8H,3,5H2,1-2H3;1H. The first-order valence-corrected chi connectivity index (χ1v) is 3.83. The van der Waals surface area contributed by atoms with Crippen LogP contribution >= 0.6 is 17.0 Å². The Labute approximate surface area is 78.4 Å². The van der Waals surface area contributed by atoms with Crippen molar-refractivity contribution < 1.29 is 0 Å². The molecule has 0 aliphatic heterocycles. The molecule has 0 saturated heterocycles. The van der Waals surface area contributed by atoms with Gasteiger partial charge in [0.25, 0.3) is 0 Å². The van der Waals surface area contributed by atoms with Crippen LogP contribution < -0.4 is 0 Å². The van der Waals surface area contributed by atoms with Crippen molar-refractivity contribution in [1.82, 2.24) is 9.78 Å². The number of hydrogen-bond donors (Lipinski definition) is 0. The minimum absolute atomic E-state index is 0. The van der Waals surface area contributed by atoms with E-state index in [0.717, 1.165) is 0 Å². The zero-order chi connectivity index (χ0) is 7.40. The largest absolute Gasteiger partial charge is 0.270 e. The van der Waals surface area contributed by atoms with Gasteiger partial charge in [0, 0.05) is 18.4 Å². The Hall–Kier alpha value is -0.310. The zero-order valence-electron chi connectivity index (χ0n) is 7.03. The molecule has 64 valence electrons. The van der Waals surface area contributed by atoms with Gasteiger partial charge in [-0.1, -0.05) is 13.3 Å². The molecule has 1 rings (SSSR count). The molecule has 0 aromatic carbocycles. The van der Waals surface area contributed by atoms with E-state index in [1.54, 1.807) is 0 Å². The van der Waals surface area contributed by atoms with Crippen molar-refractivity contribution in [2.75, 3.05) is 0 Å². The third-order valence-electron chi connectivity index (χ3n) is 1.68. The summed E-state index contributed by atoms with van der Waals surface area (Å²) in [5.41, 5.74) is 0. The highest BCUT2D eigenvalue weighted by atomic mass is 79.9. The van der Waals surface area contributed by atoms with E-state index in [9.17, 15) is 0 Å². The first-order valence-electron chi connectivity index (χ1n) is 3.83. The Kier molecular flexibility index (Phi) is 5.20. The summed E-state index contributed by atoms with van der Waals surface area (Å²) >= 11 is 0. The van der Waals surface area contributed by atoms with Crippen molar-refractivity contribution >= 4 is 17.0 Å². The second-order valence-electron chi connectivity index (χ2n) is 2.62. The van der Waals surface area contributed by atoms with Gasteiger partial charge in [0.05, 0.1) is 0 Å². The summed E-state index contributed by atoms with van der Waals surface area (Å²) in [5.74, 6) is 0. The molecular formula is C8H15BrN2. The molecule has 1 heterocycles. The van der Waals surface area contributed by atoms with E-state index < -0.39 is 0 Å². The summed E-state index contributed by atoms with van der Waals surface area (Å²) in [4.78, 5) is 0. The van der Waals surface area contributed by atoms with Crippen LogP contribution in [0.15, 0.2) is 18.5 Å². The fourth-order valence-corrected chi connectivity index (χ4v) is 1.09. The normalized spacial score (nSPS) is 12.2. The molecule has 1 aromatic heterocycles. The molecule has 0 fully saturated rings. The lowest BCUT2D eigenvalue weighted by molar-refractivity contribution is 0.455. The van der Waals surface area contributed by atoms with Crippen LogP contribution in [-0.4, -0.2) is 9.78 Å². The maximum absolute atomic E-state index is 4.15. The highest BCUT2D eigenvalue weighted by Gasteiger charge is 2.00. The predicted octanol–water partition coefficient (Wildman–Crippen LogP) is 2.82. The summed E-state index contributed by atoms with van der Waals surface area (Å²) in [6, 6.07) is 2.52. The summed E-state index contributed by atoms with van der Waals surface area (Å²) in [6.07, 6.45) is 6.27. The van der Waals surface area contributed by atoms with Gasteiger partial charge in [-0.05, 0) is 19.4 Å². The monoisotopic (exact) mass is 218 g/mol. The smallest absolute Gasteiger partial charge is 0.0490 e. The molecule has 0 bridgehead atoms. The second-order valence-corrected chi connectivity index (χ2v) is 2.62. The zero-order valence-corrected chi connectivity index (χ0v) is 8.74. The van der Waals surface area contributed by atoms with Gasteiger partial charge >= 0.3 is 0 Å². The van der Waals surface area contributed by atoms with Crippen LogP contribution in [0.1, 0.15) is 32.7 Å². The first-order chi connectivity index (χ1) is 4.84. The molecule has 1 aromatic rings. The van der Waals surface area contributed by atoms with Crippen molar-refractivity contribution in [2.24, 2.45) is 0 Å². The van der Waals surface area contributed by atoms with Crippen LogP contribution in [0, 0.1) is 0 Å². The van der Waals surface area contributed by atoms with Crippen molar-refractivity contribution in [3.8, 4) is 0 Å². The highest BCUT2D eigenvalue weighted by Crippen LogP contribution is 2.09. The van der Waals surface area contributed by atoms with Crippen molar-refractivity contribution in [2.45, 2.75) is 32.7 Å². The van der Waals surface area contributed by atoms with E-state index in [1.807, 2.05) is 23.1 Å². The number of hydrogen-bond acceptors (Lipinski definition) is 1. The average molecular weight is 219 g/mol. The van der Waals surface area contributed by atoms with Crippen LogP contribution in [0.5, 0.6) is 0 Å². The summed E-state index contributed by atoms with van der Waals surface area (Å²) in [7, 11) is 0. The lowest BCUT2D eigenvalue weighted by Crippen LogP contribution is -2.04. The summed E-state index contributed by atoms with van der Waals surface area (Å²) in [5, 5.41) is 4.15. The fraction of sp³-hybridized carbons (Fsp3) is 0.625. The molecule has 0 amide bonds. The first kappa shape index (κ1) is 10.7. The highest BCUT2D eigenvalue weighted by molar-refractivity contribution is 8.93. The van der Waals surface area contributed by atoms with E-state index >= 15 is 0 Å². The van der Waals surface area contributed by atoms with Gasteiger partial charge < -0.3 is 0 Å². The number of rotatable bonds is 3. The van der Waals surface area contributed by atoms with E-state index in [4.69, 9.17) is 0 Å². The summed E-state index contributed by atoms with van der Waals surface area (Å²) < 4.78 is 2.00.